The van der Waals surface area contributed by atoms with Gasteiger partial charge in [-0.15, -0.1) is 11.3 Å². The fraction of sp³-hybridized carbons (Fsp3) is 0.500. The molecule has 0 aliphatic carbocycles. The Bertz CT molecular complexity index is 489. The van der Waals surface area contributed by atoms with Gasteiger partial charge in [0.25, 0.3) is 0 Å². The van der Waals surface area contributed by atoms with Gasteiger partial charge in [-0.25, -0.2) is 4.98 Å². The number of aromatic nitrogens is 2. The molecule has 0 N–H and O–H groups in total. The first-order chi connectivity index (χ1) is 8.83. The van der Waals surface area contributed by atoms with Gasteiger partial charge in [0.05, 0.1) is 6.33 Å². The maximum Gasteiger partial charge on any atom is 0.0946 e. The molecule has 0 bridgehead atoms. The van der Waals surface area contributed by atoms with Crippen LogP contribution in [0.2, 0.25) is 0 Å². The molecule has 1 unspecified atom stereocenters. The van der Waals surface area contributed by atoms with Gasteiger partial charge in [0.1, 0.15) is 0 Å². The van der Waals surface area contributed by atoms with Gasteiger partial charge < -0.3 is 4.57 Å². The normalized spacial score (nSPS) is 20.6. The van der Waals surface area contributed by atoms with E-state index in [0.29, 0.717) is 6.04 Å². The quantitative estimate of drug-likeness (QED) is 0.844. The molecule has 1 aliphatic heterocycles. The van der Waals surface area contributed by atoms with Crippen LogP contribution < -0.4 is 0 Å². The molecule has 3 rings (SSSR count). The van der Waals surface area contributed by atoms with Crippen molar-refractivity contribution < 1.29 is 0 Å². The van der Waals surface area contributed by atoms with Crippen LogP contribution in [0.1, 0.15) is 23.3 Å². The number of rotatable bonds is 4. The van der Waals surface area contributed by atoms with Crippen molar-refractivity contribution in [3.8, 4) is 0 Å². The average molecular weight is 261 g/mol. The second kappa shape index (κ2) is 5.24. The lowest BCUT2D eigenvalue weighted by Gasteiger charge is -2.24. The Morgan fingerprint density at radius 1 is 1.50 bits per heavy atom. The number of hydrogen-bond acceptors (Lipinski definition) is 3. The van der Waals surface area contributed by atoms with Crippen LogP contribution in [0.15, 0.2) is 30.2 Å². The summed E-state index contributed by atoms with van der Waals surface area (Å²) in [5, 5.41) is 2.20. The van der Waals surface area contributed by atoms with Crippen LogP contribution in [0.4, 0.5) is 0 Å². The standard InChI is InChI=1S/C14H19N3S/c1-12-4-8-18-14(12)10-17-6-2-3-13(17)9-16-7-5-15-11-16/h4-5,7-8,11,13H,2-3,6,9-10H2,1H3. The zero-order chi connectivity index (χ0) is 12.4. The number of aryl methyl sites for hydroxylation is 1. The summed E-state index contributed by atoms with van der Waals surface area (Å²) in [6.07, 6.45) is 8.48. The van der Waals surface area contributed by atoms with Crippen LogP contribution in [-0.4, -0.2) is 27.0 Å². The van der Waals surface area contributed by atoms with Crippen molar-refractivity contribution in [3.05, 3.63) is 40.6 Å². The molecule has 96 valence electrons. The van der Waals surface area contributed by atoms with Gasteiger partial charge in [0.2, 0.25) is 0 Å². The molecule has 0 spiro atoms. The number of imidazole rings is 1. The molecule has 3 heterocycles. The van der Waals surface area contributed by atoms with Crippen molar-refractivity contribution in [2.24, 2.45) is 0 Å². The van der Waals surface area contributed by atoms with E-state index in [1.165, 1.54) is 29.8 Å². The van der Waals surface area contributed by atoms with Crippen molar-refractivity contribution in [3.63, 3.8) is 0 Å². The molecule has 1 fully saturated rings. The highest BCUT2D eigenvalue weighted by Gasteiger charge is 2.25. The van der Waals surface area contributed by atoms with E-state index < -0.39 is 0 Å². The monoisotopic (exact) mass is 261 g/mol. The molecule has 4 heteroatoms. The van der Waals surface area contributed by atoms with Crippen molar-refractivity contribution >= 4 is 11.3 Å². The first kappa shape index (κ1) is 11.9. The Morgan fingerprint density at radius 3 is 3.17 bits per heavy atom. The zero-order valence-corrected chi connectivity index (χ0v) is 11.6. The van der Waals surface area contributed by atoms with Crippen molar-refractivity contribution in [2.75, 3.05) is 6.54 Å². The highest BCUT2D eigenvalue weighted by atomic mass is 32.1. The number of thiophene rings is 1. The van der Waals surface area contributed by atoms with Crippen molar-refractivity contribution in [1.82, 2.24) is 14.5 Å². The molecule has 0 aromatic carbocycles. The van der Waals surface area contributed by atoms with E-state index in [1.54, 1.807) is 0 Å². The molecular weight excluding hydrogens is 242 g/mol. The maximum atomic E-state index is 4.13. The van der Waals surface area contributed by atoms with Gasteiger partial charge in [-0.05, 0) is 43.3 Å². The predicted molar refractivity (Wildman–Crippen MR) is 74.7 cm³/mol. The minimum Gasteiger partial charge on any atom is -0.336 e. The minimum atomic E-state index is 0.667. The summed E-state index contributed by atoms with van der Waals surface area (Å²) < 4.78 is 2.20. The van der Waals surface area contributed by atoms with Gasteiger partial charge in [-0.1, -0.05) is 0 Å². The van der Waals surface area contributed by atoms with E-state index in [0.717, 1.165) is 13.1 Å². The lowest BCUT2D eigenvalue weighted by atomic mass is 10.2. The van der Waals surface area contributed by atoms with E-state index in [1.807, 2.05) is 23.9 Å². The van der Waals surface area contributed by atoms with E-state index in [-0.39, 0.29) is 0 Å². The van der Waals surface area contributed by atoms with Gasteiger partial charge in [-0.2, -0.15) is 0 Å². The van der Waals surface area contributed by atoms with Gasteiger partial charge in [0, 0.05) is 36.4 Å². The fourth-order valence-corrected chi connectivity index (χ4v) is 3.63. The topological polar surface area (TPSA) is 21.1 Å². The summed E-state index contributed by atoms with van der Waals surface area (Å²) in [4.78, 5) is 8.27. The molecule has 18 heavy (non-hydrogen) atoms. The lowest BCUT2D eigenvalue weighted by molar-refractivity contribution is 0.226. The third kappa shape index (κ3) is 2.49. The molecule has 3 nitrogen and oxygen atoms in total. The first-order valence-electron chi connectivity index (χ1n) is 6.55. The molecule has 0 radical (unpaired) electrons. The third-order valence-corrected chi connectivity index (χ3v) is 4.80. The molecular formula is C14H19N3S. The SMILES string of the molecule is Cc1ccsc1CN1CCCC1Cn1ccnc1. The summed E-state index contributed by atoms with van der Waals surface area (Å²) in [5.74, 6) is 0. The Morgan fingerprint density at radius 2 is 2.44 bits per heavy atom. The summed E-state index contributed by atoms with van der Waals surface area (Å²) in [7, 11) is 0. The largest absolute Gasteiger partial charge is 0.336 e. The second-order valence-corrected chi connectivity index (χ2v) is 6.05. The molecule has 1 atom stereocenters. The smallest absolute Gasteiger partial charge is 0.0946 e. The van der Waals surface area contributed by atoms with Crippen LogP contribution >= 0.6 is 11.3 Å². The maximum absolute atomic E-state index is 4.13. The average Bonchev–Trinajstić information content (AvgIpc) is 3.06. The van der Waals surface area contributed by atoms with Gasteiger partial charge in [0.15, 0.2) is 0 Å². The Hall–Kier alpha value is -1.13. The van der Waals surface area contributed by atoms with Crippen LogP contribution in [0.5, 0.6) is 0 Å². The Kier molecular flexibility index (Phi) is 3.48. The van der Waals surface area contributed by atoms with Crippen molar-refractivity contribution in [1.29, 1.82) is 0 Å². The lowest BCUT2D eigenvalue weighted by Crippen LogP contribution is -2.32. The second-order valence-electron chi connectivity index (χ2n) is 5.05. The van der Waals surface area contributed by atoms with E-state index in [4.69, 9.17) is 0 Å². The minimum absolute atomic E-state index is 0.667. The van der Waals surface area contributed by atoms with Crippen LogP contribution in [0.25, 0.3) is 0 Å². The number of likely N-dealkylation sites (tertiary alicyclic amines) is 1. The Balaban J connectivity index is 1.66. The van der Waals surface area contributed by atoms with E-state index in [2.05, 4.69) is 39.0 Å². The van der Waals surface area contributed by atoms with Crippen molar-refractivity contribution in [2.45, 2.75) is 38.9 Å². The molecule has 2 aromatic rings. The highest BCUT2D eigenvalue weighted by Crippen LogP contribution is 2.25. The van der Waals surface area contributed by atoms with Crippen LogP contribution in [0.3, 0.4) is 0 Å². The summed E-state index contributed by atoms with van der Waals surface area (Å²) in [5.41, 5.74) is 1.44. The zero-order valence-electron chi connectivity index (χ0n) is 10.7. The van der Waals surface area contributed by atoms with Crippen LogP contribution in [0, 0.1) is 6.92 Å². The summed E-state index contributed by atoms with van der Waals surface area (Å²) in [6.45, 7) is 5.64. The summed E-state index contributed by atoms with van der Waals surface area (Å²) in [6, 6.07) is 2.89. The fourth-order valence-electron chi connectivity index (χ4n) is 2.70. The molecule has 0 amide bonds. The molecule has 2 aromatic heterocycles. The summed E-state index contributed by atoms with van der Waals surface area (Å²) >= 11 is 1.89. The Labute approximate surface area is 112 Å². The molecule has 1 saturated heterocycles. The predicted octanol–water partition coefficient (Wildman–Crippen LogP) is 2.92. The van der Waals surface area contributed by atoms with E-state index >= 15 is 0 Å². The van der Waals surface area contributed by atoms with Gasteiger partial charge >= 0.3 is 0 Å². The van der Waals surface area contributed by atoms with Crippen LogP contribution in [-0.2, 0) is 13.1 Å². The van der Waals surface area contributed by atoms with Gasteiger partial charge in [-0.3, -0.25) is 4.90 Å². The third-order valence-electron chi connectivity index (χ3n) is 3.79. The van der Waals surface area contributed by atoms with E-state index in [9.17, 15) is 0 Å². The molecule has 1 aliphatic rings. The first-order valence-corrected chi connectivity index (χ1v) is 7.43. The molecule has 0 saturated carbocycles. The number of hydrogen-bond donors (Lipinski definition) is 0. The highest BCUT2D eigenvalue weighted by molar-refractivity contribution is 7.10. The number of nitrogens with zero attached hydrogens (tertiary/aromatic N) is 3.